The first-order valence-electron chi connectivity index (χ1n) is 11.5. The van der Waals surface area contributed by atoms with Crippen LogP contribution >= 0.6 is 0 Å². The van der Waals surface area contributed by atoms with Crippen LogP contribution in [0, 0.1) is 50.8 Å². The van der Waals surface area contributed by atoms with Gasteiger partial charge in [-0.1, -0.05) is 13.8 Å². The van der Waals surface area contributed by atoms with Gasteiger partial charge in [0, 0.05) is 40.6 Å². The van der Waals surface area contributed by atoms with Gasteiger partial charge in [0.05, 0.1) is 0 Å². The standard InChI is InChI=1S/C28H30FN3O3/c1-17(2)15-31-18(3)11-22(20(31)5)13-23(14-30)28(34)35-16-27(33)26-12-19(4)32(21(26)6)25-9-7-24(29)8-10-25/h7-13,17H,15-16H2,1-6H3. The highest BCUT2D eigenvalue weighted by Crippen LogP contribution is 2.23. The molecular weight excluding hydrogens is 445 g/mol. The number of ketones is 1. The molecule has 2 heterocycles. The van der Waals surface area contributed by atoms with E-state index < -0.39 is 12.6 Å². The first-order valence-corrected chi connectivity index (χ1v) is 11.5. The van der Waals surface area contributed by atoms with E-state index in [1.54, 1.807) is 25.1 Å². The van der Waals surface area contributed by atoms with Crippen LogP contribution in [-0.4, -0.2) is 27.5 Å². The maximum Gasteiger partial charge on any atom is 0.349 e. The number of Topliss-reactive ketones (excluding diaryl/α,β-unsaturated/α-hetero) is 1. The Morgan fingerprint density at radius 1 is 1.06 bits per heavy atom. The van der Waals surface area contributed by atoms with Crippen molar-refractivity contribution in [3.05, 3.63) is 81.7 Å². The number of rotatable bonds is 8. The van der Waals surface area contributed by atoms with Crippen molar-refractivity contribution < 1.29 is 18.7 Å². The Morgan fingerprint density at radius 2 is 1.71 bits per heavy atom. The molecule has 0 spiro atoms. The second-order valence-electron chi connectivity index (χ2n) is 9.10. The minimum absolute atomic E-state index is 0.167. The molecule has 0 fully saturated rings. The van der Waals surface area contributed by atoms with Crippen LogP contribution < -0.4 is 0 Å². The van der Waals surface area contributed by atoms with Gasteiger partial charge in [-0.3, -0.25) is 4.79 Å². The minimum atomic E-state index is -0.846. The third-order valence-corrected chi connectivity index (χ3v) is 5.95. The van der Waals surface area contributed by atoms with E-state index in [2.05, 4.69) is 18.4 Å². The number of esters is 1. The van der Waals surface area contributed by atoms with E-state index in [-0.39, 0.29) is 17.2 Å². The molecule has 0 saturated heterocycles. The second kappa shape index (κ2) is 10.6. The van der Waals surface area contributed by atoms with Crippen molar-refractivity contribution >= 4 is 17.8 Å². The fourth-order valence-corrected chi connectivity index (χ4v) is 4.23. The number of hydrogen-bond donors (Lipinski definition) is 0. The van der Waals surface area contributed by atoms with Gasteiger partial charge >= 0.3 is 5.97 Å². The van der Waals surface area contributed by atoms with Crippen LogP contribution in [0.3, 0.4) is 0 Å². The lowest BCUT2D eigenvalue weighted by Gasteiger charge is -2.12. The molecule has 0 saturated carbocycles. The van der Waals surface area contributed by atoms with Crippen LogP contribution in [0.1, 0.15) is 52.5 Å². The topological polar surface area (TPSA) is 77.0 Å². The van der Waals surface area contributed by atoms with Gasteiger partial charge in [-0.2, -0.15) is 5.26 Å². The van der Waals surface area contributed by atoms with E-state index in [0.29, 0.717) is 17.2 Å². The van der Waals surface area contributed by atoms with E-state index in [1.165, 1.54) is 18.2 Å². The van der Waals surface area contributed by atoms with Crippen molar-refractivity contribution in [1.29, 1.82) is 5.26 Å². The molecule has 1 aromatic carbocycles. The van der Waals surface area contributed by atoms with E-state index in [1.807, 2.05) is 37.5 Å². The molecule has 0 bridgehead atoms. The number of carbonyl (C=O) groups is 2. The molecule has 0 radical (unpaired) electrons. The minimum Gasteiger partial charge on any atom is -0.453 e. The highest BCUT2D eigenvalue weighted by Gasteiger charge is 2.20. The summed E-state index contributed by atoms with van der Waals surface area (Å²) in [5.74, 6) is -1.12. The third-order valence-electron chi connectivity index (χ3n) is 5.95. The smallest absolute Gasteiger partial charge is 0.349 e. The van der Waals surface area contributed by atoms with Crippen molar-refractivity contribution in [3.63, 3.8) is 0 Å². The Bertz CT molecular complexity index is 1340. The number of nitriles is 1. The molecule has 0 N–H and O–H groups in total. The van der Waals surface area contributed by atoms with E-state index in [9.17, 15) is 19.2 Å². The van der Waals surface area contributed by atoms with Crippen molar-refractivity contribution in [2.24, 2.45) is 5.92 Å². The van der Waals surface area contributed by atoms with Crippen LogP contribution in [-0.2, 0) is 16.1 Å². The van der Waals surface area contributed by atoms with Gasteiger partial charge in [-0.05, 0) is 81.7 Å². The zero-order chi connectivity index (χ0) is 25.9. The number of nitrogens with zero attached hydrogens (tertiary/aromatic N) is 3. The Kier molecular flexibility index (Phi) is 7.75. The fraction of sp³-hybridized carbons (Fsp3) is 0.321. The average Bonchev–Trinajstić information content (AvgIpc) is 3.25. The second-order valence-corrected chi connectivity index (χ2v) is 9.10. The lowest BCUT2D eigenvalue weighted by molar-refractivity contribution is -0.137. The molecule has 0 aliphatic carbocycles. The molecule has 7 heteroatoms. The number of aromatic nitrogens is 2. The normalized spacial score (nSPS) is 11.6. The molecule has 0 amide bonds. The lowest BCUT2D eigenvalue weighted by Crippen LogP contribution is -2.16. The number of hydrogen-bond acceptors (Lipinski definition) is 4. The maximum atomic E-state index is 13.3. The monoisotopic (exact) mass is 475 g/mol. The molecule has 182 valence electrons. The summed E-state index contributed by atoms with van der Waals surface area (Å²) in [5.41, 5.74) is 5.18. The summed E-state index contributed by atoms with van der Waals surface area (Å²) in [5, 5.41) is 9.54. The predicted molar refractivity (Wildman–Crippen MR) is 133 cm³/mol. The van der Waals surface area contributed by atoms with Crippen LogP contribution in [0.5, 0.6) is 0 Å². The first kappa shape index (κ1) is 25.7. The fourth-order valence-electron chi connectivity index (χ4n) is 4.23. The highest BCUT2D eigenvalue weighted by molar-refractivity contribution is 6.02. The maximum absolute atomic E-state index is 13.3. The molecule has 0 aliphatic rings. The third kappa shape index (κ3) is 5.60. The molecule has 0 atom stereocenters. The molecule has 35 heavy (non-hydrogen) atoms. The quantitative estimate of drug-likeness (QED) is 0.183. The van der Waals surface area contributed by atoms with Crippen LogP contribution in [0.2, 0.25) is 0 Å². The van der Waals surface area contributed by atoms with Gasteiger partial charge in [0.25, 0.3) is 0 Å². The summed E-state index contributed by atoms with van der Waals surface area (Å²) >= 11 is 0. The Balaban J connectivity index is 1.76. The lowest BCUT2D eigenvalue weighted by atomic mass is 10.1. The van der Waals surface area contributed by atoms with Gasteiger partial charge in [-0.25, -0.2) is 9.18 Å². The number of halogens is 1. The molecule has 2 aromatic heterocycles. The summed E-state index contributed by atoms with van der Waals surface area (Å²) in [7, 11) is 0. The van der Waals surface area contributed by atoms with Gasteiger partial charge in [0.2, 0.25) is 5.78 Å². The summed E-state index contributed by atoms with van der Waals surface area (Å²) < 4.78 is 22.5. The van der Waals surface area contributed by atoms with Crippen LogP contribution in [0.25, 0.3) is 11.8 Å². The van der Waals surface area contributed by atoms with Crippen LogP contribution in [0.4, 0.5) is 4.39 Å². The van der Waals surface area contributed by atoms with Gasteiger partial charge in [0.15, 0.2) is 6.61 Å². The summed E-state index contributed by atoms with van der Waals surface area (Å²) in [4.78, 5) is 25.4. The summed E-state index contributed by atoms with van der Waals surface area (Å²) in [6.07, 6.45) is 1.51. The summed E-state index contributed by atoms with van der Waals surface area (Å²) in [6.45, 7) is 12.1. The molecule has 0 aliphatic heterocycles. The average molecular weight is 476 g/mol. The molecule has 3 rings (SSSR count). The van der Waals surface area contributed by atoms with E-state index >= 15 is 0 Å². The number of carbonyl (C=O) groups excluding carboxylic acids is 2. The number of benzene rings is 1. The van der Waals surface area contributed by atoms with Crippen molar-refractivity contribution in [2.75, 3.05) is 6.61 Å². The van der Waals surface area contributed by atoms with Gasteiger partial charge in [0.1, 0.15) is 17.5 Å². The Morgan fingerprint density at radius 3 is 2.31 bits per heavy atom. The van der Waals surface area contributed by atoms with E-state index in [4.69, 9.17) is 4.74 Å². The Hall–Kier alpha value is -3.92. The molecule has 6 nitrogen and oxygen atoms in total. The van der Waals surface area contributed by atoms with E-state index in [0.717, 1.165) is 34.9 Å². The Labute approximate surface area is 205 Å². The van der Waals surface area contributed by atoms with Crippen LogP contribution in [0.15, 0.2) is 42.0 Å². The number of aryl methyl sites for hydroxylation is 2. The van der Waals surface area contributed by atoms with Crippen molar-refractivity contribution in [1.82, 2.24) is 9.13 Å². The van der Waals surface area contributed by atoms with Crippen molar-refractivity contribution in [2.45, 2.75) is 48.1 Å². The SMILES string of the molecule is Cc1cc(C=C(C#N)C(=O)OCC(=O)c2cc(C)n(-c3ccc(F)cc3)c2C)c(C)n1CC(C)C. The predicted octanol–water partition coefficient (Wildman–Crippen LogP) is 5.64. The van der Waals surface area contributed by atoms with Gasteiger partial charge < -0.3 is 13.9 Å². The number of ether oxygens (including phenoxy) is 1. The first-order chi connectivity index (χ1) is 16.5. The summed E-state index contributed by atoms with van der Waals surface area (Å²) in [6, 6.07) is 11.5. The van der Waals surface area contributed by atoms with Gasteiger partial charge in [-0.15, -0.1) is 0 Å². The molecule has 3 aromatic rings. The zero-order valence-electron chi connectivity index (χ0n) is 21.0. The van der Waals surface area contributed by atoms with Crippen molar-refractivity contribution in [3.8, 4) is 11.8 Å². The molecular formula is C28H30FN3O3. The molecule has 0 unspecified atom stereocenters. The highest BCUT2D eigenvalue weighted by atomic mass is 19.1. The largest absolute Gasteiger partial charge is 0.453 e. The zero-order valence-corrected chi connectivity index (χ0v) is 21.0.